The third kappa shape index (κ3) is 3.35. The van der Waals surface area contributed by atoms with Crippen molar-refractivity contribution in [1.29, 1.82) is 0 Å². The summed E-state index contributed by atoms with van der Waals surface area (Å²) in [5.41, 5.74) is 0.614. The van der Waals surface area contributed by atoms with Crippen LogP contribution in [0.1, 0.15) is 46.0 Å². The Balaban J connectivity index is 2.19. The molecular weight excluding hydrogens is 170 g/mol. The van der Waals surface area contributed by atoms with E-state index in [1.807, 2.05) is 0 Å². The minimum Gasteiger partial charge on any atom is -0.303 e. The van der Waals surface area contributed by atoms with Gasteiger partial charge in [-0.2, -0.15) is 0 Å². The fourth-order valence-corrected chi connectivity index (χ4v) is 2.07. The van der Waals surface area contributed by atoms with E-state index < -0.39 is 0 Å². The molecule has 0 unspecified atom stereocenters. The van der Waals surface area contributed by atoms with Crippen LogP contribution in [0.25, 0.3) is 0 Å². The molecule has 1 aliphatic heterocycles. The van der Waals surface area contributed by atoms with E-state index in [0.717, 1.165) is 6.42 Å². The van der Waals surface area contributed by atoms with Crippen molar-refractivity contribution < 1.29 is 0 Å². The molecule has 0 aromatic heterocycles. The molecule has 1 nitrogen and oxygen atoms in total. The highest BCUT2D eigenvalue weighted by molar-refractivity contribution is 4.85. The van der Waals surface area contributed by atoms with Crippen molar-refractivity contribution in [1.82, 2.24) is 4.90 Å². The van der Waals surface area contributed by atoms with E-state index in [-0.39, 0.29) is 0 Å². The lowest BCUT2D eigenvalue weighted by Gasteiger charge is -2.38. The zero-order valence-corrected chi connectivity index (χ0v) is 9.68. The Morgan fingerprint density at radius 3 is 2.50 bits per heavy atom. The first-order valence-electron chi connectivity index (χ1n) is 5.86. The van der Waals surface area contributed by atoms with Crippen molar-refractivity contribution in [2.75, 3.05) is 19.6 Å². The van der Waals surface area contributed by atoms with E-state index in [2.05, 4.69) is 24.7 Å². The molecule has 1 heterocycles. The summed E-state index contributed by atoms with van der Waals surface area (Å²) < 4.78 is 0. The standard InChI is InChI=1S/C13H23N/c1-4-6-7-10-14-11-8-13(3,5-2)9-12-14/h1H,5-12H2,2-3H3. The molecule has 1 rings (SSSR count). The predicted molar refractivity (Wildman–Crippen MR) is 62.1 cm³/mol. The number of terminal acetylenes is 1. The van der Waals surface area contributed by atoms with Gasteiger partial charge in [0.25, 0.3) is 0 Å². The number of piperidine rings is 1. The first kappa shape index (κ1) is 11.6. The van der Waals surface area contributed by atoms with Crippen LogP contribution in [0.2, 0.25) is 0 Å². The predicted octanol–water partition coefficient (Wildman–Crippen LogP) is 2.91. The number of likely N-dealkylation sites (tertiary alicyclic amines) is 1. The number of rotatable bonds is 4. The Morgan fingerprint density at radius 1 is 1.36 bits per heavy atom. The van der Waals surface area contributed by atoms with E-state index >= 15 is 0 Å². The van der Waals surface area contributed by atoms with Crippen LogP contribution in [0.5, 0.6) is 0 Å². The summed E-state index contributed by atoms with van der Waals surface area (Å²) in [4.78, 5) is 2.56. The van der Waals surface area contributed by atoms with Gasteiger partial charge in [0.1, 0.15) is 0 Å². The van der Waals surface area contributed by atoms with E-state index in [0.29, 0.717) is 5.41 Å². The molecule has 0 radical (unpaired) electrons. The quantitative estimate of drug-likeness (QED) is 0.490. The summed E-state index contributed by atoms with van der Waals surface area (Å²) in [6, 6.07) is 0. The highest BCUT2D eigenvalue weighted by atomic mass is 15.1. The minimum atomic E-state index is 0.614. The molecule has 1 fully saturated rings. The molecule has 14 heavy (non-hydrogen) atoms. The van der Waals surface area contributed by atoms with Crippen LogP contribution in [0.4, 0.5) is 0 Å². The molecule has 1 heteroatoms. The fourth-order valence-electron chi connectivity index (χ4n) is 2.07. The lowest BCUT2D eigenvalue weighted by atomic mass is 9.78. The van der Waals surface area contributed by atoms with E-state index in [4.69, 9.17) is 6.42 Å². The summed E-state index contributed by atoms with van der Waals surface area (Å²) in [7, 11) is 0. The molecule has 80 valence electrons. The number of nitrogens with zero attached hydrogens (tertiary/aromatic N) is 1. The number of hydrogen-bond acceptors (Lipinski definition) is 1. The van der Waals surface area contributed by atoms with Gasteiger partial charge in [-0.1, -0.05) is 20.3 Å². The van der Waals surface area contributed by atoms with Gasteiger partial charge in [-0.15, -0.1) is 12.3 Å². The summed E-state index contributed by atoms with van der Waals surface area (Å²) in [5.74, 6) is 2.71. The highest BCUT2D eigenvalue weighted by Gasteiger charge is 2.27. The van der Waals surface area contributed by atoms with Crippen molar-refractivity contribution in [3.05, 3.63) is 0 Å². The Labute approximate surface area is 88.9 Å². The maximum atomic E-state index is 5.24. The first-order chi connectivity index (χ1) is 6.70. The molecule has 1 aliphatic rings. The third-order valence-electron chi connectivity index (χ3n) is 3.71. The largest absolute Gasteiger partial charge is 0.303 e. The molecule has 0 amide bonds. The second kappa shape index (κ2) is 5.41. The van der Waals surface area contributed by atoms with Crippen molar-refractivity contribution in [2.45, 2.75) is 46.0 Å². The second-order valence-corrected chi connectivity index (χ2v) is 4.81. The third-order valence-corrected chi connectivity index (χ3v) is 3.71. The molecule has 0 aliphatic carbocycles. The normalized spacial score (nSPS) is 21.8. The molecule has 0 bridgehead atoms. The van der Waals surface area contributed by atoms with E-state index in [1.165, 1.54) is 45.3 Å². The van der Waals surface area contributed by atoms with E-state index in [1.54, 1.807) is 0 Å². The van der Waals surface area contributed by atoms with Gasteiger partial charge in [-0.05, 0) is 44.3 Å². The molecule has 0 N–H and O–H groups in total. The van der Waals surface area contributed by atoms with Crippen LogP contribution >= 0.6 is 0 Å². The summed E-state index contributed by atoms with van der Waals surface area (Å²) in [6.07, 6.45) is 11.4. The average Bonchev–Trinajstić information content (AvgIpc) is 2.22. The average molecular weight is 193 g/mol. The summed E-state index contributed by atoms with van der Waals surface area (Å²) in [5, 5.41) is 0. The van der Waals surface area contributed by atoms with E-state index in [9.17, 15) is 0 Å². The number of unbranched alkanes of at least 4 members (excludes halogenated alkanes) is 1. The second-order valence-electron chi connectivity index (χ2n) is 4.81. The van der Waals surface area contributed by atoms with Crippen molar-refractivity contribution in [2.24, 2.45) is 5.41 Å². The zero-order valence-electron chi connectivity index (χ0n) is 9.68. The minimum absolute atomic E-state index is 0.614. The van der Waals surface area contributed by atoms with Crippen LogP contribution in [0, 0.1) is 17.8 Å². The zero-order chi connectivity index (χ0) is 10.4. The molecule has 0 aromatic rings. The van der Waals surface area contributed by atoms with Crippen molar-refractivity contribution in [3.63, 3.8) is 0 Å². The fraction of sp³-hybridized carbons (Fsp3) is 0.846. The van der Waals surface area contributed by atoms with Crippen LogP contribution in [-0.2, 0) is 0 Å². The molecule has 0 spiro atoms. The molecule has 0 saturated carbocycles. The highest BCUT2D eigenvalue weighted by Crippen LogP contribution is 2.33. The topological polar surface area (TPSA) is 3.24 Å². The monoisotopic (exact) mass is 193 g/mol. The lowest BCUT2D eigenvalue weighted by Crippen LogP contribution is -2.38. The lowest BCUT2D eigenvalue weighted by molar-refractivity contribution is 0.114. The van der Waals surface area contributed by atoms with Gasteiger partial charge in [0.2, 0.25) is 0 Å². The first-order valence-corrected chi connectivity index (χ1v) is 5.86. The number of hydrogen-bond donors (Lipinski definition) is 0. The maximum absolute atomic E-state index is 5.24. The Kier molecular flexibility index (Phi) is 4.48. The van der Waals surface area contributed by atoms with Crippen LogP contribution in [0.15, 0.2) is 0 Å². The van der Waals surface area contributed by atoms with Crippen LogP contribution in [0.3, 0.4) is 0 Å². The summed E-state index contributed by atoms with van der Waals surface area (Å²) >= 11 is 0. The maximum Gasteiger partial charge on any atom is 0.00982 e. The molecule has 1 saturated heterocycles. The van der Waals surface area contributed by atoms with Gasteiger partial charge in [0.05, 0.1) is 0 Å². The van der Waals surface area contributed by atoms with Crippen molar-refractivity contribution in [3.8, 4) is 12.3 Å². The molecular formula is C13H23N. The Bertz CT molecular complexity index is 194. The smallest absolute Gasteiger partial charge is 0.00982 e. The SMILES string of the molecule is C#CCCCN1CCC(C)(CC)CC1. The van der Waals surface area contributed by atoms with Gasteiger partial charge in [-0.3, -0.25) is 0 Å². The van der Waals surface area contributed by atoms with Gasteiger partial charge in [0, 0.05) is 6.42 Å². The van der Waals surface area contributed by atoms with Crippen molar-refractivity contribution >= 4 is 0 Å². The Hall–Kier alpha value is -0.480. The Morgan fingerprint density at radius 2 is 2.00 bits per heavy atom. The van der Waals surface area contributed by atoms with Gasteiger partial charge in [-0.25, -0.2) is 0 Å². The van der Waals surface area contributed by atoms with Gasteiger partial charge < -0.3 is 4.90 Å². The van der Waals surface area contributed by atoms with Gasteiger partial charge in [0.15, 0.2) is 0 Å². The molecule has 0 aromatic carbocycles. The van der Waals surface area contributed by atoms with Gasteiger partial charge >= 0.3 is 0 Å². The molecule has 0 atom stereocenters. The van der Waals surface area contributed by atoms with Crippen LogP contribution < -0.4 is 0 Å². The summed E-state index contributed by atoms with van der Waals surface area (Å²) in [6.45, 7) is 8.48. The van der Waals surface area contributed by atoms with Crippen LogP contribution in [-0.4, -0.2) is 24.5 Å².